The minimum atomic E-state index is -0.540. The van der Waals surface area contributed by atoms with Gasteiger partial charge in [0.25, 0.3) is 0 Å². The Hall–Kier alpha value is -3.75. The molecule has 1 fully saturated rings. The van der Waals surface area contributed by atoms with Crippen LogP contribution in [0.2, 0.25) is 0 Å². The minimum Gasteiger partial charge on any atom is -0.485 e. The van der Waals surface area contributed by atoms with Gasteiger partial charge in [0.1, 0.15) is 30.3 Å². The Morgan fingerprint density at radius 2 is 1.78 bits per heavy atom. The molecule has 2 aromatic carbocycles. The maximum Gasteiger partial charge on any atom is 0.248 e. The number of benzene rings is 2. The van der Waals surface area contributed by atoms with Crippen LogP contribution in [0.4, 0.5) is 5.82 Å². The molecule has 0 spiro atoms. The Labute approximate surface area is 211 Å². The molecule has 1 saturated heterocycles. The van der Waals surface area contributed by atoms with Crippen molar-refractivity contribution in [3.05, 3.63) is 89.6 Å². The molecule has 0 radical (unpaired) electrons. The number of carbonyl (C=O) groups excluding carboxylic acids is 2. The van der Waals surface area contributed by atoms with E-state index >= 15 is 0 Å². The lowest BCUT2D eigenvalue weighted by Crippen LogP contribution is -2.56. The second kappa shape index (κ2) is 11.8. The minimum absolute atomic E-state index is 0.134. The van der Waals surface area contributed by atoms with Crippen LogP contribution in [0.3, 0.4) is 0 Å². The van der Waals surface area contributed by atoms with Crippen LogP contribution in [-0.2, 0) is 9.59 Å². The number of anilines is 1. The van der Waals surface area contributed by atoms with E-state index in [4.69, 9.17) is 9.84 Å². The molecule has 188 valence electrons. The summed E-state index contributed by atoms with van der Waals surface area (Å²) < 4.78 is 5.80. The zero-order valence-corrected chi connectivity index (χ0v) is 20.6. The number of hydrogen-bond donors (Lipinski definition) is 3. The molecule has 2 heterocycles. The van der Waals surface area contributed by atoms with Crippen LogP contribution in [0.25, 0.3) is 0 Å². The smallest absolute Gasteiger partial charge is 0.248 e. The van der Waals surface area contributed by atoms with Gasteiger partial charge in [-0.3, -0.25) is 9.59 Å². The van der Waals surface area contributed by atoms with Crippen molar-refractivity contribution in [1.29, 1.82) is 0 Å². The zero-order chi connectivity index (χ0) is 25.5. The van der Waals surface area contributed by atoms with Crippen molar-refractivity contribution in [3.8, 4) is 5.75 Å². The van der Waals surface area contributed by atoms with Gasteiger partial charge >= 0.3 is 0 Å². The van der Waals surface area contributed by atoms with E-state index in [1.54, 1.807) is 18.3 Å². The van der Waals surface area contributed by atoms with E-state index in [2.05, 4.69) is 53.7 Å². The molecule has 2 atom stereocenters. The van der Waals surface area contributed by atoms with Crippen LogP contribution in [0.15, 0.2) is 72.9 Å². The predicted molar refractivity (Wildman–Crippen MR) is 138 cm³/mol. The maximum absolute atomic E-state index is 13.3. The van der Waals surface area contributed by atoms with E-state index in [1.807, 2.05) is 30.3 Å². The third kappa shape index (κ3) is 6.47. The Balaban J connectivity index is 1.35. The highest BCUT2D eigenvalue weighted by Crippen LogP contribution is 2.21. The number of pyridine rings is 1. The highest BCUT2D eigenvalue weighted by molar-refractivity contribution is 5.94. The lowest BCUT2D eigenvalue weighted by atomic mass is 9.98. The van der Waals surface area contributed by atoms with Crippen LogP contribution >= 0.6 is 0 Å². The van der Waals surface area contributed by atoms with E-state index in [0.29, 0.717) is 31.2 Å². The molecular weight excluding hydrogens is 456 g/mol. The van der Waals surface area contributed by atoms with E-state index in [-0.39, 0.29) is 23.8 Å². The summed E-state index contributed by atoms with van der Waals surface area (Å²) in [6.07, 6.45) is 1.42. The van der Waals surface area contributed by atoms with E-state index < -0.39 is 12.6 Å². The van der Waals surface area contributed by atoms with E-state index in [0.717, 1.165) is 5.56 Å². The molecule has 0 bridgehead atoms. The Bertz CT molecular complexity index is 1150. The fourth-order valence-corrected chi connectivity index (χ4v) is 4.05. The molecule has 1 aromatic heterocycles. The maximum atomic E-state index is 13.3. The fraction of sp³-hybridized carbons (Fsp3) is 0.321. The highest BCUT2D eigenvalue weighted by atomic mass is 16.5. The van der Waals surface area contributed by atoms with Crippen molar-refractivity contribution >= 4 is 17.6 Å². The van der Waals surface area contributed by atoms with Crippen LogP contribution in [0.5, 0.6) is 5.75 Å². The molecule has 36 heavy (non-hydrogen) atoms. The predicted octanol–water partition coefficient (Wildman–Crippen LogP) is 3.05. The molecule has 4 rings (SSSR count). The van der Waals surface area contributed by atoms with Crippen LogP contribution in [0.1, 0.15) is 35.6 Å². The Morgan fingerprint density at radius 3 is 2.42 bits per heavy atom. The van der Waals surface area contributed by atoms with Gasteiger partial charge in [0.15, 0.2) is 0 Å². The summed E-state index contributed by atoms with van der Waals surface area (Å²) in [6, 6.07) is 21.0. The molecule has 0 aliphatic carbocycles. The van der Waals surface area contributed by atoms with Crippen LogP contribution < -0.4 is 15.4 Å². The van der Waals surface area contributed by atoms with Crippen molar-refractivity contribution in [2.24, 2.45) is 0 Å². The van der Waals surface area contributed by atoms with Gasteiger partial charge in [-0.2, -0.15) is 0 Å². The van der Waals surface area contributed by atoms with Crippen molar-refractivity contribution in [3.63, 3.8) is 0 Å². The van der Waals surface area contributed by atoms with Crippen molar-refractivity contribution in [2.75, 3.05) is 31.6 Å². The first-order chi connectivity index (χ1) is 17.4. The normalized spacial score (nSPS) is 15.0. The number of ether oxygens (including phenoxy) is 1. The molecule has 1 aliphatic heterocycles. The van der Waals surface area contributed by atoms with Crippen molar-refractivity contribution < 1.29 is 19.4 Å². The lowest BCUT2D eigenvalue weighted by molar-refractivity contribution is -0.143. The molecule has 8 heteroatoms. The number of aromatic nitrogens is 1. The number of nitrogens with zero attached hydrogens (tertiary/aromatic N) is 2. The third-order valence-electron chi connectivity index (χ3n) is 6.30. The van der Waals surface area contributed by atoms with E-state index in [9.17, 15) is 9.59 Å². The summed E-state index contributed by atoms with van der Waals surface area (Å²) >= 11 is 0. The van der Waals surface area contributed by atoms with Gasteiger partial charge < -0.3 is 25.4 Å². The number of likely N-dealkylation sites (tertiary alicyclic amines) is 1. The number of hydrogen-bond acceptors (Lipinski definition) is 6. The SMILES string of the molecule is Cc1ccc([C@H](C)CN[C@@H](C(=O)Nc2ccc(OC3CN(C(=O)CO)C3)cn2)c2ccccc2)cc1. The average molecular weight is 489 g/mol. The summed E-state index contributed by atoms with van der Waals surface area (Å²) in [6.45, 7) is 5.21. The van der Waals surface area contributed by atoms with Crippen LogP contribution in [0, 0.1) is 6.92 Å². The summed E-state index contributed by atoms with van der Waals surface area (Å²) in [5, 5.41) is 15.2. The molecule has 3 N–H and O–H groups in total. The van der Waals surface area contributed by atoms with Crippen molar-refractivity contribution in [1.82, 2.24) is 15.2 Å². The van der Waals surface area contributed by atoms with Gasteiger partial charge in [0, 0.05) is 6.54 Å². The first-order valence-electron chi connectivity index (χ1n) is 12.1. The van der Waals surface area contributed by atoms with Gasteiger partial charge in [-0.15, -0.1) is 0 Å². The highest BCUT2D eigenvalue weighted by Gasteiger charge is 2.31. The number of rotatable bonds is 10. The van der Waals surface area contributed by atoms with Gasteiger partial charge in [-0.1, -0.05) is 67.1 Å². The summed E-state index contributed by atoms with van der Waals surface area (Å²) in [4.78, 5) is 30.5. The quantitative estimate of drug-likeness (QED) is 0.405. The number of nitrogens with one attached hydrogen (secondary N) is 2. The molecular formula is C28H32N4O4. The summed E-state index contributed by atoms with van der Waals surface area (Å²) in [5.41, 5.74) is 3.31. The largest absolute Gasteiger partial charge is 0.485 e. The fourth-order valence-electron chi connectivity index (χ4n) is 4.05. The van der Waals surface area contributed by atoms with Gasteiger partial charge in [-0.05, 0) is 36.1 Å². The van der Waals surface area contributed by atoms with Gasteiger partial charge in [0.2, 0.25) is 11.8 Å². The first kappa shape index (κ1) is 25.3. The Morgan fingerprint density at radius 1 is 1.06 bits per heavy atom. The first-order valence-corrected chi connectivity index (χ1v) is 12.1. The molecule has 0 unspecified atom stereocenters. The Kier molecular flexibility index (Phi) is 8.30. The molecule has 3 aromatic rings. The standard InChI is InChI=1S/C28H32N4O4/c1-19-8-10-21(11-9-19)20(2)14-30-27(22-6-4-3-5-7-22)28(35)31-25-13-12-23(15-29-25)36-24-16-32(17-24)26(34)18-33/h3-13,15,20,24,27,30,33H,14,16-18H2,1-2H3,(H,29,31,35)/t20-,27-/m1/s1. The average Bonchev–Trinajstić information content (AvgIpc) is 2.87. The molecule has 2 amide bonds. The molecule has 0 saturated carbocycles. The van der Waals surface area contributed by atoms with Gasteiger partial charge in [0.05, 0.1) is 19.3 Å². The van der Waals surface area contributed by atoms with Gasteiger partial charge in [-0.25, -0.2) is 4.98 Å². The van der Waals surface area contributed by atoms with Crippen LogP contribution in [-0.4, -0.2) is 59.1 Å². The number of amides is 2. The van der Waals surface area contributed by atoms with Crippen molar-refractivity contribution in [2.45, 2.75) is 31.9 Å². The number of carbonyl (C=O) groups is 2. The molecule has 1 aliphatic rings. The molecule has 8 nitrogen and oxygen atoms in total. The number of aryl methyl sites for hydroxylation is 1. The topological polar surface area (TPSA) is 104 Å². The lowest BCUT2D eigenvalue weighted by Gasteiger charge is -2.38. The second-order valence-electron chi connectivity index (χ2n) is 9.13. The number of aliphatic hydroxyl groups excluding tert-OH is 1. The zero-order valence-electron chi connectivity index (χ0n) is 20.6. The van der Waals surface area contributed by atoms with E-state index in [1.165, 1.54) is 16.0 Å². The second-order valence-corrected chi connectivity index (χ2v) is 9.13. The summed E-state index contributed by atoms with van der Waals surface area (Å²) in [7, 11) is 0. The number of aliphatic hydroxyl groups is 1. The monoisotopic (exact) mass is 488 g/mol. The summed E-state index contributed by atoms with van der Waals surface area (Å²) in [5.74, 6) is 0.705. The third-order valence-corrected chi connectivity index (χ3v) is 6.30.